The molecule has 0 saturated heterocycles. The van der Waals surface area contributed by atoms with Gasteiger partial charge in [0, 0.05) is 19.0 Å². The molecule has 1 aromatic rings. The number of likely N-dealkylation sites (N-methyl/N-ethyl adjacent to an activating group) is 1. The Bertz CT molecular complexity index is 434. The van der Waals surface area contributed by atoms with Crippen LogP contribution in [0.5, 0.6) is 0 Å². The molecule has 1 aromatic heterocycles. The van der Waals surface area contributed by atoms with Gasteiger partial charge in [-0.05, 0) is 19.8 Å². The molecule has 1 aliphatic carbocycles. The van der Waals surface area contributed by atoms with Gasteiger partial charge in [0.05, 0.1) is 11.4 Å². The molecule has 17 heavy (non-hydrogen) atoms. The Labute approximate surface area is 101 Å². The molecule has 0 unspecified atom stereocenters. The third-order valence-corrected chi connectivity index (χ3v) is 3.04. The Morgan fingerprint density at radius 2 is 2.41 bits per heavy atom. The summed E-state index contributed by atoms with van der Waals surface area (Å²) in [6.45, 7) is 6.69. The summed E-state index contributed by atoms with van der Waals surface area (Å²) in [5.41, 5.74) is 7.74. The number of aromatic amines is 1. The van der Waals surface area contributed by atoms with Gasteiger partial charge in [-0.25, -0.2) is 0 Å². The maximum absolute atomic E-state index is 12.2. The van der Waals surface area contributed by atoms with Crippen molar-refractivity contribution in [2.45, 2.75) is 25.7 Å². The standard InChI is InChI=1S/C12H18N4O/c1-3-7-16(4-2)12(17)11-9(13)10(14-15-11)8-5-6-8/h3,8H,1,4-7,13H2,2H3,(H,14,15). The van der Waals surface area contributed by atoms with Crippen LogP contribution in [-0.2, 0) is 0 Å². The fourth-order valence-electron chi connectivity index (χ4n) is 1.87. The predicted octanol–water partition coefficient (Wildman–Crippen LogP) is 1.52. The van der Waals surface area contributed by atoms with E-state index >= 15 is 0 Å². The van der Waals surface area contributed by atoms with Crippen molar-refractivity contribution in [3.63, 3.8) is 0 Å². The summed E-state index contributed by atoms with van der Waals surface area (Å²) in [6, 6.07) is 0. The minimum absolute atomic E-state index is 0.131. The van der Waals surface area contributed by atoms with E-state index in [0.717, 1.165) is 18.5 Å². The van der Waals surface area contributed by atoms with Crippen molar-refractivity contribution in [1.29, 1.82) is 0 Å². The molecule has 0 aliphatic heterocycles. The Morgan fingerprint density at radius 3 is 2.94 bits per heavy atom. The van der Waals surface area contributed by atoms with Crippen LogP contribution in [0.1, 0.15) is 41.9 Å². The van der Waals surface area contributed by atoms with Gasteiger partial charge in [0.15, 0.2) is 5.69 Å². The average molecular weight is 234 g/mol. The fraction of sp³-hybridized carbons (Fsp3) is 0.500. The molecular formula is C12H18N4O. The molecule has 5 heteroatoms. The molecule has 0 aromatic carbocycles. The summed E-state index contributed by atoms with van der Waals surface area (Å²) in [7, 11) is 0. The number of hydrogen-bond acceptors (Lipinski definition) is 3. The van der Waals surface area contributed by atoms with E-state index in [9.17, 15) is 4.79 Å². The SMILES string of the molecule is C=CCN(CC)C(=O)c1n[nH]c(C2CC2)c1N. The minimum atomic E-state index is -0.131. The van der Waals surface area contributed by atoms with Gasteiger partial charge in [-0.15, -0.1) is 6.58 Å². The molecule has 0 radical (unpaired) electrons. The molecule has 1 fully saturated rings. The van der Waals surface area contributed by atoms with Crippen LogP contribution in [0.15, 0.2) is 12.7 Å². The second-order valence-corrected chi connectivity index (χ2v) is 4.31. The summed E-state index contributed by atoms with van der Waals surface area (Å²) >= 11 is 0. The van der Waals surface area contributed by atoms with Gasteiger partial charge in [0.2, 0.25) is 0 Å². The molecule has 0 atom stereocenters. The number of nitrogens with one attached hydrogen (secondary N) is 1. The first-order valence-electron chi connectivity index (χ1n) is 5.92. The lowest BCUT2D eigenvalue weighted by atomic mass is 10.2. The van der Waals surface area contributed by atoms with E-state index in [-0.39, 0.29) is 5.91 Å². The molecule has 0 bridgehead atoms. The molecule has 92 valence electrons. The maximum atomic E-state index is 12.2. The summed E-state index contributed by atoms with van der Waals surface area (Å²) in [6.07, 6.45) is 3.96. The fourth-order valence-corrected chi connectivity index (χ4v) is 1.87. The Kier molecular flexibility index (Phi) is 3.17. The maximum Gasteiger partial charge on any atom is 0.276 e. The van der Waals surface area contributed by atoms with Gasteiger partial charge in [-0.3, -0.25) is 9.89 Å². The Morgan fingerprint density at radius 1 is 1.71 bits per heavy atom. The highest BCUT2D eigenvalue weighted by Crippen LogP contribution is 2.42. The smallest absolute Gasteiger partial charge is 0.276 e. The molecule has 1 aliphatic rings. The zero-order valence-corrected chi connectivity index (χ0v) is 10.1. The number of amides is 1. The number of nitrogen functional groups attached to an aromatic ring is 1. The van der Waals surface area contributed by atoms with Crippen molar-refractivity contribution in [2.24, 2.45) is 0 Å². The van der Waals surface area contributed by atoms with Crippen molar-refractivity contribution in [1.82, 2.24) is 15.1 Å². The Hall–Kier alpha value is -1.78. The minimum Gasteiger partial charge on any atom is -0.395 e. The Balaban J connectivity index is 2.20. The van der Waals surface area contributed by atoms with Crippen LogP contribution >= 0.6 is 0 Å². The van der Waals surface area contributed by atoms with E-state index in [1.165, 1.54) is 0 Å². The number of H-pyrrole nitrogens is 1. The van der Waals surface area contributed by atoms with Crippen molar-refractivity contribution >= 4 is 11.6 Å². The van der Waals surface area contributed by atoms with Crippen molar-refractivity contribution in [3.05, 3.63) is 24.0 Å². The number of rotatable bonds is 5. The van der Waals surface area contributed by atoms with E-state index in [0.29, 0.717) is 30.4 Å². The molecule has 1 amide bonds. The second kappa shape index (κ2) is 4.61. The van der Waals surface area contributed by atoms with Crippen LogP contribution in [0.4, 0.5) is 5.69 Å². The highest BCUT2D eigenvalue weighted by Gasteiger charge is 2.31. The zero-order valence-electron chi connectivity index (χ0n) is 10.1. The first-order chi connectivity index (χ1) is 8.19. The molecule has 1 heterocycles. The normalized spacial score (nSPS) is 14.6. The molecule has 5 nitrogen and oxygen atoms in total. The van der Waals surface area contributed by atoms with Gasteiger partial charge in [0.1, 0.15) is 0 Å². The second-order valence-electron chi connectivity index (χ2n) is 4.31. The number of aromatic nitrogens is 2. The van der Waals surface area contributed by atoms with Crippen LogP contribution in [0.3, 0.4) is 0 Å². The van der Waals surface area contributed by atoms with Gasteiger partial charge in [-0.1, -0.05) is 6.08 Å². The van der Waals surface area contributed by atoms with Crippen molar-refractivity contribution < 1.29 is 4.79 Å². The number of nitrogens with two attached hydrogens (primary N) is 1. The lowest BCUT2D eigenvalue weighted by Crippen LogP contribution is -2.31. The monoisotopic (exact) mass is 234 g/mol. The first-order valence-corrected chi connectivity index (χ1v) is 5.92. The van der Waals surface area contributed by atoms with Crippen molar-refractivity contribution in [2.75, 3.05) is 18.8 Å². The quantitative estimate of drug-likeness (QED) is 0.758. The molecule has 0 spiro atoms. The lowest BCUT2D eigenvalue weighted by Gasteiger charge is -2.17. The van der Waals surface area contributed by atoms with Gasteiger partial charge in [-0.2, -0.15) is 5.10 Å². The number of carbonyl (C=O) groups is 1. The lowest BCUT2D eigenvalue weighted by molar-refractivity contribution is 0.0777. The predicted molar refractivity (Wildman–Crippen MR) is 66.7 cm³/mol. The molecular weight excluding hydrogens is 216 g/mol. The highest BCUT2D eigenvalue weighted by atomic mass is 16.2. The van der Waals surface area contributed by atoms with Crippen molar-refractivity contribution in [3.8, 4) is 0 Å². The third-order valence-electron chi connectivity index (χ3n) is 3.04. The van der Waals surface area contributed by atoms with E-state index in [4.69, 9.17) is 5.73 Å². The van der Waals surface area contributed by atoms with E-state index in [1.54, 1.807) is 11.0 Å². The largest absolute Gasteiger partial charge is 0.395 e. The van der Waals surface area contributed by atoms with Gasteiger partial charge in [0.25, 0.3) is 5.91 Å². The van der Waals surface area contributed by atoms with Crippen LogP contribution < -0.4 is 5.73 Å². The molecule has 1 saturated carbocycles. The highest BCUT2D eigenvalue weighted by molar-refractivity contribution is 5.97. The topological polar surface area (TPSA) is 75.0 Å². The third kappa shape index (κ3) is 2.18. The molecule has 3 N–H and O–H groups in total. The zero-order chi connectivity index (χ0) is 12.4. The van der Waals surface area contributed by atoms with Gasteiger partial charge < -0.3 is 10.6 Å². The summed E-state index contributed by atoms with van der Waals surface area (Å²) < 4.78 is 0. The van der Waals surface area contributed by atoms with Crippen LogP contribution in [0.25, 0.3) is 0 Å². The van der Waals surface area contributed by atoms with Gasteiger partial charge >= 0.3 is 0 Å². The number of carbonyl (C=O) groups excluding carboxylic acids is 1. The van der Waals surface area contributed by atoms with Crippen LogP contribution in [-0.4, -0.2) is 34.1 Å². The average Bonchev–Trinajstić information content (AvgIpc) is 3.09. The first kappa shape index (κ1) is 11.7. The summed E-state index contributed by atoms with van der Waals surface area (Å²) in [4.78, 5) is 13.8. The number of anilines is 1. The van der Waals surface area contributed by atoms with Crippen LogP contribution in [0.2, 0.25) is 0 Å². The number of hydrogen-bond donors (Lipinski definition) is 2. The van der Waals surface area contributed by atoms with Crippen LogP contribution in [0, 0.1) is 0 Å². The summed E-state index contributed by atoms with van der Waals surface area (Å²) in [5.74, 6) is 0.339. The van der Waals surface area contributed by atoms with E-state index in [2.05, 4.69) is 16.8 Å². The van der Waals surface area contributed by atoms with E-state index in [1.807, 2.05) is 6.92 Å². The van der Waals surface area contributed by atoms with E-state index < -0.39 is 0 Å². The summed E-state index contributed by atoms with van der Waals surface area (Å²) in [5, 5.41) is 6.94. The molecule has 2 rings (SSSR count). The number of nitrogens with zero attached hydrogens (tertiary/aromatic N) is 2.